The number of hydrogen-bond donors (Lipinski definition) is 1. The Bertz CT molecular complexity index is 456. The second-order valence-corrected chi connectivity index (χ2v) is 6.30. The van der Waals surface area contributed by atoms with Gasteiger partial charge in [-0.15, -0.1) is 12.4 Å². The molecule has 1 amide bonds. The summed E-state index contributed by atoms with van der Waals surface area (Å²) in [6, 6.07) is 5.40. The zero-order chi connectivity index (χ0) is 14.5. The average molecular weight is 352 g/mol. The third kappa shape index (κ3) is 6.03. The van der Waals surface area contributed by atoms with Crippen molar-refractivity contribution in [2.75, 3.05) is 20.1 Å². The molecule has 21 heavy (non-hydrogen) atoms. The van der Waals surface area contributed by atoms with Crippen LogP contribution < -0.4 is 5.32 Å². The normalized spacial score (nSPS) is 15.4. The van der Waals surface area contributed by atoms with Gasteiger partial charge in [-0.3, -0.25) is 4.79 Å². The van der Waals surface area contributed by atoms with Crippen LogP contribution in [0, 0.1) is 5.92 Å². The van der Waals surface area contributed by atoms with Gasteiger partial charge in [0, 0.05) is 30.1 Å². The predicted octanol–water partition coefficient (Wildman–Crippen LogP) is 3.76. The van der Waals surface area contributed by atoms with Crippen LogP contribution in [-0.2, 0) is 11.3 Å². The fraction of sp³-hybridized carbons (Fsp3) is 0.533. The Morgan fingerprint density at radius 1 is 1.24 bits per heavy atom. The van der Waals surface area contributed by atoms with E-state index < -0.39 is 0 Å². The van der Waals surface area contributed by atoms with Crippen LogP contribution in [-0.4, -0.2) is 30.9 Å². The topological polar surface area (TPSA) is 32.3 Å². The van der Waals surface area contributed by atoms with Gasteiger partial charge in [0.15, 0.2) is 0 Å². The van der Waals surface area contributed by atoms with Crippen LogP contribution in [0.2, 0.25) is 10.0 Å². The lowest BCUT2D eigenvalue weighted by Gasteiger charge is -2.25. The van der Waals surface area contributed by atoms with Crippen molar-refractivity contribution in [3.05, 3.63) is 33.8 Å². The maximum absolute atomic E-state index is 12.2. The number of piperidine rings is 1. The van der Waals surface area contributed by atoms with Crippen molar-refractivity contribution in [2.24, 2.45) is 5.92 Å². The van der Waals surface area contributed by atoms with Gasteiger partial charge in [0.2, 0.25) is 5.91 Å². The summed E-state index contributed by atoms with van der Waals surface area (Å²) >= 11 is 11.9. The number of nitrogens with zero attached hydrogens (tertiary/aromatic N) is 1. The Morgan fingerprint density at radius 3 is 2.38 bits per heavy atom. The van der Waals surface area contributed by atoms with Gasteiger partial charge < -0.3 is 10.2 Å². The van der Waals surface area contributed by atoms with Gasteiger partial charge in [-0.05, 0) is 55.6 Å². The second-order valence-electron chi connectivity index (χ2n) is 5.42. The summed E-state index contributed by atoms with van der Waals surface area (Å²) in [4.78, 5) is 14.0. The highest BCUT2D eigenvalue weighted by atomic mass is 35.5. The molecule has 1 aliphatic heterocycles. The molecule has 1 N–H and O–H groups in total. The number of nitrogens with one attached hydrogen (secondary N) is 1. The molecule has 0 aliphatic carbocycles. The van der Waals surface area contributed by atoms with E-state index in [1.54, 1.807) is 11.0 Å². The van der Waals surface area contributed by atoms with Crippen LogP contribution in [0.15, 0.2) is 18.2 Å². The van der Waals surface area contributed by atoms with E-state index in [1.807, 2.05) is 19.2 Å². The van der Waals surface area contributed by atoms with E-state index in [4.69, 9.17) is 23.2 Å². The third-order valence-corrected chi connectivity index (χ3v) is 4.13. The maximum atomic E-state index is 12.2. The summed E-state index contributed by atoms with van der Waals surface area (Å²) in [7, 11) is 1.83. The summed E-state index contributed by atoms with van der Waals surface area (Å²) in [5.74, 6) is 0.696. The maximum Gasteiger partial charge on any atom is 0.222 e. The van der Waals surface area contributed by atoms with Crippen molar-refractivity contribution >= 4 is 41.5 Å². The van der Waals surface area contributed by atoms with Crippen molar-refractivity contribution in [3.63, 3.8) is 0 Å². The first-order valence-corrected chi connectivity index (χ1v) is 7.70. The van der Waals surface area contributed by atoms with Crippen LogP contribution >= 0.6 is 35.6 Å². The van der Waals surface area contributed by atoms with Gasteiger partial charge in [0.1, 0.15) is 0 Å². The highest BCUT2D eigenvalue weighted by Crippen LogP contribution is 2.21. The van der Waals surface area contributed by atoms with Gasteiger partial charge >= 0.3 is 0 Å². The summed E-state index contributed by atoms with van der Waals surface area (Å²) in [5, 5.41) is 4.52. The molecule has 0 saturated carbocycles. The van der Waals surface area contributed by atoms with E-state index in [0.717, 1.165) is 31.5 Å². The Balaban J connectivity index is 0.00000220. The lowest BCUT2D eigenvalue weighted by Crippen LogP contribution is -2.33. The Morgan fingerprint density at radius 2 is 1.81 bits per heavy atom. The van der Waals surface area contributed by atoms with Crippen LogP contribution in [0.4, 0.5) is 0 Å². The summed E-state index contributed by atoms with van der Waals surface area (Å²) in [5.41, 5.74) is 0.962. The average Bonchev–Trinajstić information content (AvgIpc) is 2.38. The van der Waals surface area contributed by atoms with Crippen LogP contribution in [0.3, 0.4) is 0 Å². The molecule has 1 aromatic carbocycles. The first-order chi connectivity index (χ1) is 9.54. The number of carbonyl (C=O) groups excluding carboxylic acids is 1. The number of rotatable bonds is 4. The molecule has 3 nitrogen and oxygen atoms in total. The molecule has 118 valence electrons. The number of carbonyl (C=O) groups is 1. The Kier molecular flexibility index (Phi) is 7.82. The molecule has 0 bridgehead atoms. The smallest absolute Gasteiger partial charge is 0.222 e. The fourth-order valence-corrected chi connectivity index (χ4v) is 3.12. The number of benzene rings is 1. The molecular formula is C15H21Cl3N2O. The largest absolute Gasteiger partial charge is 0.341 e. The highest BCUT2D eigenvalue weighted by Gasteiger charge is 2.19. The van der Waals surface area contributed by atoms with E-state index in [-0.39, 0.29) is 18.3 Å². The molecule has 1 heterocycles. The molecule has 2 rings (SSSR count). The van der Waals surface area contributed by atoms with Crippen molar-refractivity contribution in [1.29, 1.82) is 0 Å². The van der Waals surface area contributed by atoms with E-state index in [1.165, 1.54) is 0 Å². The molecule has 0 atom stereocenters. The molecule has 0 aromatic heterocycles. The SMILES string of the molecule is CN(Cc1cc(Cl)cc(Cl)c1)C(=O)CC1CCNCC1.Cl. The first-order valence-electron chi connectivity index (χ1n) is 6.94. The minimum absolute atomic E-state index is 0. The molecule has 1 saturated heterocycles. The van der Waals surface area contributed by atoms with Crippen molar-refractivity contribution < 1.29 is 4.79 Å². The van der Waals surface area contributed by atoms with Crippen molar-refractivity contribution in [1.82, 2.24) is 10.2 Å². The summed E-state index contributed by atoms with van der Waals surface area (Å²) < 4.78 is 0. The van der Waals surface area contributed by atoms with Crippen molar-refractivity contribution in [2.45, 2.75) is 25.8 Å². The summed E-state index contributed by atoms with van der Waals surface area (Å²) in [6.45, 7) is 2.58. The Labute approximate surface area is 142 Å². The quantitative estimate of drug-likeness (QED) is 0.895. The van der Waals surface area contributed by atoms with Gasteiger partial charge in [0.05, 0.1) is 0 Å². The zero-order valence-electron chi connectivity index (χ0n) is 12.1. The second kappa shape index (κ2) is 8.84. The molecule has 1 fully saturated rings. The monoisotopic (exact) mass is 350 g/mol. The summed E-state index contributed by atoms with van der Waals surface area (Å²) in [6.07, 6.45) is 2.80. The zero-order valence-corrected chi connectivity index (χ0v) is 14.4. The molecular weight excluding hydrogens is 331 g/mol. The molecule has 0 spiro atoms. The lowest BCUT2D eigenvalue weighted by atomic mass is 9.94. The van der Waals surface area contributed by atoms with Gasteiger partial charge in [-0.2, -0.15) is 0 Å². The minimum atomic E-state index is 0. The molecule has 0 radical (unpaired) electrons. The number of hydrogen-bond acceptors (Lipinski definition) is 2. The van der Waals surface area contributed by atoms with E-state index in [9.17, 15) is 4.79 Å². The molecule has 0 unspecified atom stereocenters. The Hall–Kier alpha value is -0.480. The van der Waals surface area contributed by atoms with Gasteiger partial charge in [-0.1, -0.05) is 23.2 Å². The standard InChI is InChI=1S/C15H20Cl2N2O.ClH/c1-19(10-12-6-13(16)9-14(17)7-12)15(20)8-11-2-4-18-5-3-11;/h6-7,9,11,18H,2-5,8,10H2,1H3;1H. The van der Waals surface area contributed by atoms with Crippen molar-refractivity contribution in [3.8, 4) is 0 Å². The first kappa shape index (κ1) is 18.6. The van der Waals surface area contributed by atoms with Gasteiger partial charge in [-0.25, -0.2) is 0 Å². The fourth-order valence-electron chi connectivity index (χ4n) is 2.55. The van der Waals surface area contributed by atoms with E-state index >= 15 is 0 Å². The van der Waals surface area contributed by atoms with Crippen LogP contribution in [0.1, 0.15) is 24.8 Å². The molecule has 1 aliphatic rings. The van der Waals surface area contributed by atoms with Crippen LogP contribution in [0.5, 0.6) is 0 Å². The minimum Gasteiger partial charge on any atom is -0.341 e. The van der Waals surface area contributed by atoms with Crippen LogP contribution in [0.25, 0.3) is 0 Å². The van der Waals surface area contributed by atoms with Gasteiger partial charge in [0.25, 0.3) is 0 Å². The lowest BCUT2D eigenvalue weighted by molar-refractivity contribution is -0.131. The molecule has 6 heteroatoms. The number of halogens is 3. The number of amides is 1. The highest BCUT2D eigenvalue weighted by molar-refractivity contribution is 6.34. The predicted molar refractivity (Wildman–Crippen MR) is 90.4 cm³/mol. The molecule has 1 aromatic rings. The van der Waals surface area contributed by atoms with E-state index in [2.05, 4.69) is 5.32 Å². The van der Waals surface area contributed by atoms with E-state index in [0.29, 0.717) is 28.9 Å². The third-order valence-electron chi connectivity index (χ3n) is 3.69.